The first-order valence-corrected chi connectivity index (χ1v) is 6.96. The Bertz CT molecular complexity index is 545. The van der Waals surface area contributed by atoms with Gasteiger partial charge in [0.05, 0.1) is 5.75 Å². The molecule has 1 aromatic carbocycles. The Morgan fingerprint density at radius 1 is 1.56 bits per heavy atom. The van der Waals surface area contributed by atoms with E-state index in [9.17, 15) is 9.18 Å². The summed E-state index contributed by atoms with van der Waals surface area (Å²) in [5, 5.41) is 10.2. The lowest BCUT2D eigenvalue weighted by Gasteiger charge is -2.07. The summed E-state index contributed by atoms with van der Waals surface area (Å²) in [6, 6.07) is 4.30. The predicted octanol–water partition coefficient (Wildman–Crippen LogP) is 2.72. The number of aryl methyl sites for hydroxylation is 1. The predicted molar refractivity (Wildman–Crippen MR) is 70.4 cm³/mol. The van der Waals surface area contributed by atoms with E-state index >= 15 is 0 Å². The molecule has 0 aliphatic heterocycles. The maximum atomic E-state index is 13.0. The summed E-state index contributed by atoms with van der Waals surface area (Å²) in [5.74, 6) is -0.331. The molecule has 0 fully saturated rings. The fourth-order valence-electron chi connectivity index (χ4n) is 1.27. The van der Waals surface area contributed by atoms with E-state index in [0.29, 0.717) is 5.69 Å². The molecule has 0 aliphatic carbocycles. The highest BCUT2D eigenvalue weighted by atomic mass is 32.2. The van der Waals surface area contributed by atoms with Gasteiger partial charge in [0.2, 0.25) is 5.91 Å². The summed E-state index contributed by atoms with van der Waals surface area (Å²) in [5.41, 5.74) is 2.93. The minimum atomic E-state index is -0.368. The van der Waals surface area contributed by atoms with Crippen molar-refractivity contribution in [2.45, 2.75) is 11.3 Å². The van der Waals surface area contributed by atoms with Gasteiger partial charge in [-0.1, -0.05) is 29.2 Å². The first kappa shape index (κ1) is 13.0. The molecule has 94 valence electrons. The second kappa shape index (κ2) is 5.92. The zero-order chi connectivity index (χ0) is 13.0. The molecule has 0 saturated heterocycles. The number of nitrogens with one attached hydrogen (secondary N) is 1. The molecule has 0 atom stereocenters. The molecule has 0 bridgehead atoms. The third-order valence-electron chi connectivity index (χ3n) is 2.14. The van der Waals surface area contributed by atoms with Crippen LogP contribution in [0.15, 0.2) is 28.0 Å². The van der Waals surface area contributed by atoms with E-state index in [1.54, 1.807) is 11.6 Å². The Hall–Kier alpha value is -1.47. The van der Waals surface area contributed by atoms with Crippen molar-refractivity contribution >= 4 is 34.7 Å². The molecular formula is C11H10FN3OS2. The highest BCUT2D eigenvalue weighted by Gasteiger charge is 2.07. The van der Waals surface area contributed by atoms with Gasteiger partial charge >= 0.3 is 0 Å². The largest absolute Gasteiger partial charge is 0.325 e. The van der Waals surface area contributed by atoms with Crippen molar-refractivity contribution in [1.82, 2.24) is 10.2 Å². The lowest BCUT2D eigenvalue weighted by atomic mass is 10.2. The number of benzene rings is 1. The number of carbonyl (C=O) groups excluding carboxylic acids is 1. The van der Waals surface area contributed by atoms with Crippen LogP contribution in [-0.4, -0.2) is 21.9 Å². The first-order valence-electron chi connectivity index (χ1n) is 5.10. The minimum Gasteiger partial charge on any atom is -0.325 e. The van der Waals surface area contributed by atoms with E-state index < -0.39 is 0 Å². The molecule has 1 heterocycles. The quantitative estimate of drug-likeness (QED) is 0.877. The van der Waals surface area contributed by atoms with Gasteiger partial charge in [-0.2, -0.15) is 0 Å². The number of hydrogen-bond donors (Lipinski definition) is 1. The number of rotatable bonds is 4. The summed E-state index contributed by atoms with van der Waals surface area (Å²) in [7, 11) is 0. The summed E-state index contributed by atoms with van der Waals surface area (Å²) in [6.45, 7) is 1.81. The van der Waals surface area contributed by atoms with Crippen LogP contribution in [-0.2, 0) is 4.79 Å². The molecule has 1 N–H and O–H groups in total. The van der Waals surface area contributed by atoms with Gasteiger partial charge in [-0.05, 0) is 24.6 Å². The minimum absolute atomic E-state index is 0.191. The maximum absolute atomic E-state index is 13.0. The van der Waals surface area contributed by atoms with Crippen LogP contribution in [0.25, 0.3) is 0 Å². The summed E-state index contributed by atoms with van der Waals surface area (Å²) < 4.78 is 13.8. The average Bonchev–Trinajstić information content (AvgIpc) is 2.84. The topological polar surface area (TPSA) is 54.9 Å². The van der Waals surface area contributed by atoms with Crippen molar-refractivity contribution < 1.29 is 9.18 Å². The maximum Gasteiger partial charge on any atom is 0.234 e. The number of aromatic nitrogens is 2. The van der Waals surface area contributed by atoms with Crippen molar-refractivity contribution in [2.75, 3.05) is 11.1 Å². The molecular weight excluding hydrogens is 273 g/mol. The highest BCUT2D eigenvalue weighted by molar-refractivity contribution is 8.01. The van der Waals surface area contributed by atoms with E-state index in [2.05, 4.69) is 15.5 Å². The van der Waals surface area contributed by atoms with Gasteiger partial charge < -0.3 is 5.32 Å². The van der Waals surface area contributed by atoms with Crippen LogP contribution in [0.1, 0.15) is 5.56 Å². The summed E-state index contributed by atoms with van der Waals surface area (Å²) in [4.78, 5) is 11.7. The van der Waals surface area contributed by atoms with Crippen LogP contribution in [0, 0.1) is 12.7 Å². The molecule has 0 unspecified atom stereocenters. The smallest absolute Gasteiger partial charge is 0.234 e. The van der Waals surface area contributed by atoms with Gasteiger partial charge in [-0.3, -0.25) is 4.79 Å². The van der Waals surface area contributed by atoms with Crippen molar-refractivity contribution in [3.63, 3.8) is 0 Å². The van der Waals surface area contributed by atoms with E-state index in [4.69, 9.17) is 0 Å². The second-order valence-corrected chi connectivity index (χ2v) is 5.56. The van der Waals surface area contributed by atoms with Crippen LogP contribution in [0.2, 0.25) is 0 Å². The number of hydrogen-bond acceptors (Lipinski definition) is 5. The summed E-state index contributed by atoms with van der Waals surface area (Å²) >= 11 is 2.68. The molecule has 0 aliphatic rings. The molecule has 1 aromatic heterocycles. The molecule has 0 spiro atoms. The molecule has 0 saturated carbocycles. The molecule has 7 heteroatoms. The number of anilines is 1. The lowest BCUT2D eigenvalue weighted by Crippen LogP contribution is -2.14. The van der Waals surface area contributed by atoms with Crippen molar-refractivity contribution in [3.8, 4) is 0 Å². The van der Waals surface area contributed by atoms with E-state index in [1.165, 1.54) is 35.2 Å². The zero-order valence-electron chi connectivity index (χ0n) is 9.51. The van der Waals surface area contributed by atoms with Crippen LogP contribution >= 0.6 is 23.1 Å². The Kier molecular flexibility index (Phi) is 4.27. The summed E-state index contributed by atoms with van der Waals surface area (Å²) in [6.07, 6.45) is 0. The van der Waals surface area contributed by atoms with Gasteiger partial charge in [0, 0.05) is 5.69 Å². The van der Waals surface area contributed by atoms with Crippen molar-refractivity contribution in [3.05, 3.63) is 35.1 Å². The highest BCUT2D eigenvalue weighted by Crippen LogP contribution is 2.20. The third kappa shape index (κ3) is 3.51. The molecule has 2 rings (SSSR count). The van der Waals surface area contributed by atoms with Crippen molar-refractivity contribution in [2.24, 2.45) is 0 Å². The van der Waals surface area contributed by atoms with Gasteiger partial charge in [-0.25, -0.2) is 4.39 Å². The Balaban J connectivity index is 1.92. The number of carbonyl (C=O) groups is 1. The standard InChI is InChI=1S/C11H10FN3OS2/c1-7-2-3-8(12)4-9(7)14-10(16)5-17-11-15-13-6-18-11/h2-4,6H,5H2,1H3,(H,14,16). The van der Waals surface area contributed by atoms with Crippen LogP contribution in [0.5, 0.6) is 0 Å². The zero-order valence-corrected chi connectivity index (χ0v) is 11.1. The normalized spacial score (nSPS) is 10.3. The number of nitrogens with zero attached hydrogens (tertiary/aromatic N) is 2. The average molecular weight is 283 g/mol. The Morgan fingerprint density at radius 3 is 3.11 bits per heavy atom. The fraction of sp³-hybridized carbons (Fsp3) is 0.182. The molecule has 2 aromatic rings. The van der Waals surface area contributed by atoms with E-state index in [1.807, 2.05) is 6.92 Å². The number of amides is 1. The van der Waals surface area contributed by atoms with Crippen LogP contribution in [0.3, 0.4) is 0 Å². The van der Waals surface area contributed by atoms with Gasteiger partial charge in [0.15, 0.2) is 4.34 Å². The second-order valence-electron chi connectivity index (χ2n) is 3.50. The molecule has 1 amide bonds. The van der Waals surface area contributed by atoms with Crippen molar-refractivity contribution in [1.29, 1.82) is 0 Å². The molecule has 0 radical (unpaired) electrons. The first-order chi connectivity index (χ1) is 8.65. The van der Waals surface area contributed by atoms with Crippen LogP contribution < -0.4 is 5.32 Å². The van der Waals surface area contributed by atoms with Crippen LogP contribution in [0.4, 0.5) is 10.1 Å². The third-order valence-corrected chi connectivity index (χ3v) is 4.00. The fourth-order valence-corrected chi connectivity index (χ4v) is 2.56. The number of thioether (sulfide) groups is 1. The van der Waals surface area contributed by atoms with E-state index in [-0.39, 0.29) is 17.5 Å². The van der Waals surface area contributed by atoms with E-state index in [0.717, 1.165) is 9.90 Å². The number of halogens is 1. The van der Waals surface area contributed by atoms with Gasteiger partial charge in [0.1, 0.15) is 11.3 Å². The Morgan fingerprint density at radius 2 is 2.39 bits per heavy atom. The lowest BCUT2D eigenvalue weighted by molar-refractivity contribution is -0.113. The molecule has 4 nitrogen and oxygen atoms in total. The SMILES string of the molecule is Cc1ccc(F)cc1NC(=O)CSc1nncs1. The monoisotopic (exact) mass is 283 g/mol. The van der Waals surface area contributed by atoms with Gasteiger partial charge in [-0.15, -0.1) is 10.2 Å². The Labute approximate surface area is 112 Å². The van der Waals surface area contributed by atoms with Gasteiger partial charge in [0.25, 0.3) is 0 Å². The molecule has 18 heavy (non-hydrogen) atoms.